The minimum atomic E-state index is -0.884. The largest absolute Gasteiger partial charge is 0.478 e. The number of hydrogen-bond acceptors (Lipinski definition) is 1. The minimum absolute atomic E-state index is 0.332. The molecule has 2 aromatic rings. The molecule has 14 heavy (non-hydrogen) atoms. The van der Waals surface area contributed by atoms with Crippen LogP contribution in [0.5, 0.6) is 0 Å². The molecule has 0 heterocycles. The molecule has 70 valence electrons. The zero-order valence-electron chi connectivity index (χ0n) is 7.20. The second-order valence-electron chi connectivity index (χ2n) is 3.01. The summed E-state index contributed by atoms with van der Waals surface area (Å²) < 4.78 is 1.15. The smallest absolute Gasteiger partial charge is 0.335 e. The number of halogens is 1. The molecular formula is C11H7IO2. The molecular weight excluding hydrogens is 291 g/mol. The zero-order chi connectivity index (χ0) is 10.1. The molecule has 0 saturated heterocycles. The first kappa shape index (κ1) is 9.45. The highest BCUT2D eigenvalue weighted by Crippen LogP contribution is 2.18. The van der Waals surface area contributed by atoms with Crippen molar-refractivity contribution in [3.63, 3.8) is 0 Å². The minimum Gasteiger partial charge on any atom is -0.478 e. The Bertz CT molecular complexity index is 506. The van der Waals surface area contributed by atoms with Gasteiger partial charge in [0.25, 0.3) is 0 Å². The third-order valence-corrected chi connectivity index (χ3v) is 2.72. The van der Waals surface area contributed by atoms with Gasteiger partial charge in [0.15, 0.2) is 0 Å². The molecule has 0 atom stereocenters. The van der Waals surface area contributed by atoms with Crippen LogP contribution in [0.4, 0.5) is 0 Å². The van der Waals surface area contributed by atoms with Gasteiger partial charge in [-0.05, 0) is 57.6 Å². The molecule has 0 fully saturated rings. The first-order chi connectivity index (χ1) is 6.66. The van der Waals surface area contributed by atoms with Crippen molar-refractivity contribution < 1.29 is 9.90 Å². The van der Waals surface area contributed by atoms with Gasteiger partial charge in [0.05, 0.1) is 5.56 Å². The fourth-order valence-corrected chi connectivity index (χ4v) is 1.86. The summed E-state index contributed by atoms with van der Waals surface area (Å²) >= 11 is 2.23. The van der Waals surface area contributed by atoms with Crippen molar-refractivity contribution in [2.24, 2.45) is 0 Å². The van der Waals surface area contributed by atoms with Crippen molar-refractivity contribution in [2.75, 3.05) is 0 Å². The quantitative estimate of drug-likeness (QED) is 0.821. The van der Waals surface area contributed by atoms with Crippen LogP contribution in [0.2, 0.25) is 0 Å². The Morgan fingerprint density at radius 3 is 2.43 bits per heavy atom. The first-order valence-electron chi connectivity index (χ1n) is 4.09. The molecule has 0 aromatic heterocycles. The van der Waals surface area contributed by atoms with Crippen LogP contribution in [0.3, 0.4) is 0 Å². The number of aromatic carboxylic acids is 1. The van der Waals surface area contributed by atoms with E-state index in [1.54, 1.807) is 12.1 Å². The highest BCUT2D eigenvalue weighted by Gasteiger charge is 2.02. The fraction of sp³-hybridized carbons (Fsp3) is 0. The van der Waals surface area contributed by atoms with Crippen LogP contribution in [0.15, 0.2) is 36.4 Å². The maximum absolute atomic E-state index is 10.7. The summed E-state index contributed by atoms with van der Waals surface area (Å²) in [6.45, 7) is 0. The van der Waals surface area contributed by atoms with E-state index in [9.17, 15) is 4.79 Å². The lowest BCUT2D eigenvalue weighted by atomic mass is 10.1. The Kier molecular flexibility index (Phi) is 2.41. The summed E-state index contributed by atoms with van der Waals surface area (Å²) in [5.41, 5.74) is 0.332. The van der Waals surface area contributed by atoms with E-state index in [1.807, 2.05) is 24.3 Å². The van der Waals surface area contributed by atoms with E-state index in [0.29, 0.717) is 5.56 Å². The van der Waals surface area contributed by atoms with Crippen LogP contribution in [0.25, 0.3) is 10.8 Å². The molecule has 0 aliphatic carbocycles. The third kappa shape index (κ3) is 1.72. The molecule has 2 rings (SSSR count). The number of carboxylic acid groups (broad SMARTS) is 1. The predicted octanol–water partition coefficient (Wildman–Crippen LogP) is 3.14. The molecule has 0 unspecified atom stereocenters. The molecule has 1 N–H and O–H groups in total. The van der Waals surface area contributed by atoms with Gasteiger partial charge >= 0.3 is 5.97 Å². The van der Waals surface area contributed by atoms with Crippen molar-refractivity contribution in [2.45, 2.75) is 0 Å². The molecule has 0 radical (unpaired) electrons. The van der Waals surface area contributed by atoms with E-state index < -0.39 is 5.97 Å². The van der Waals surface area contributed by atoms with Crippen LogP contribution < -0.4 is 0 Å². The maximum atomic E-state index is 10.7. The monoisotopic (exact) mass is 298 g/mol. The SMILES string of the molecule is O=C(O)c1ccc2cc(I)ccc2c1. The highest BCUT2D eigenvalue weighted by atomic mass is 127. The van der Waals surface area contributed by atoms with Crippen molar-refractivity contribution in [3.05, 3.63) is 45.5 Å². The van der Waals surface area contributed by atoms with Crippen LogP contribution in [-0.4, -0.2) is 11.1 Å². The third-order valence-electron chi connectivity index (χ3n) is 2.05. The molecule has 3 heteroatoms. The van der Waals surface area contributed by atoms with E-state index in [-0.39, 0.29) is 0 Å². The van der Waals surface area contributed by atoms with Gasteiger partial charge in [-0.3, -0.25) is 0 Å². The summed E-state index contributed by atoms with van der Waals surface area (Å²) in [7, 11) is 0. The van der Waals surface area contributed by atoms with Gasteiger partial charge in [-0.15, -0.1) is 0 Å². The molecule has 0 aliphatic rings. The normalized spacial score (nSPS) is 10.4. The van der Waals surface area contributed by atoms with Gasteiger partial charge in [-0.1, -0.05) is 12.1 Å². The Morgan fingerprint density at radius 1 is 1.07 bits per heavy atom. The number of hydrogen-bond donors (Lipinski definition) is 1. The molecule has 2 nitrogen and oxygen atoms in total. The van der Waals surface area contributed by atoms with Gasteiger partial charge in [0, 0.05) is 3.57 Å². The maximum Gasteiger partial charge on any atom is 0.335 e. The Balaban J connectivity index is 2.67. The molecule has 0 amide bonds. The summed E-state index contributed by atoms with van der Waals surface area (Å²) in [4.78, 5) is 10.7. The molecule has 0 aliphatic heterocycles. The Labute approximate surface area is 94.7 Å². The van der Waals surface area contributed by atoms with E-state index >= 15 is 0 Å². The van der Waals surface area contributed by atoms with E-state index in [1.165, 1.54) is 0 Å². The van der Waals surface area contributed by atoms with Crippen LogP contribution in [0, 0.1) is 3.57 Å². The number of rotatable bonds is 1. The van der Waals surface area contributed by atoms with Crippen molar-refractivity contribution in [1.82, 2.24) is 0 Å². The number of fused-ring (bicyclic) bond motifs is 1. The Morgan fingerprint density at radius 2 is 1.71 bits per heavy atom. The summed E-state index contributed by atoms with van der Waals surface area (Å²) in [6, 6.07) is 11.1. The van der Waals surface area contributed by atoms with Gasteiger partial charge in [-0.25, -0.2) is 4.79 Å². The van der Waals surface area contributed by atoms with Crippen molar-refractivity contribution in [3.8, 4) is 0 Å². The summed E-state index contributed by atoms with van der Waals surface area (Å²) in [5.74, 6) is -0.884. The molecule has 0 spiro atoms. The van der Waals surface area contributed by atoms with Gasteiger partial charge < -0.3 is 5.11 Å². The van der Waals surface area contributed by atoms with Crippen molar-refractivity contribution in [1.29, 1.82) is 0 Å². The standard InChI is InChI=1S/C11H7IO2/c12-10-4-3-7-5-9(11(13)14)2-1-8(7)6-10/h1-6H,(H,13,14). The van der Waals surface area contributed by atoms with Gasteiger partial charge in [0.1, 0.15) is 0 Å². The van der Waals surface area contributed by atoms with Gasteiger partial charge in [-0.2, -0.15) is 0 Å². The van der Waals surface area contributed by atoms with E-state index in [2.05, 4.69) is 22.6 Å². The summed E-state index contributed by atoms with van der Waals surface area (Å²) in [5, 5.41) is 10.8. The zero-order valence-corrected chi connectivity index (χ0v) is 9.36. The fourth-order valence-electron chi connectivity index (χ4n) is 1.35. The van der Waals surface area contributed by atoms with Crippen LogP contribution in [-0.2, 0) is 0 Å². The molecule has 0 bridgehead atoms. The first-order valence-corrected chi connectivity index (χ1v) is 5.17. The Hall–Kier alpha value is -1.10. The van der Waals surface area contributed by atoms with Crippen LogP contribution >= 0.6 is 22.6 Å². The van der Waals surface area contributed by atoms with Crippen molar-refractivity contribution >= 4 is 39.3 Å². The lowest BCUT2D eigenvalue weighted by Gasteiger charge is -2.00. The molecule has 2 aromatic carbocycles. The van der Waals surface area contributed by atoms with Gasteiger partial charge in [0.2, 0.25) is 0 Å². The van der Waals surface area contributed by atoms with Crippen LogP contribution in [0.1, 0.15) is 10.4 Å². The van der Waals surface area contributed by atoms with E-state index in [0.717, 1.165) is 14.3 Å². The topological polar surface area (TPSA) is 37.3 Å². The second-order valence-corrected chi connectivity index (χ2v) is 4.26. The number of carboxylic acids is 1. The lowest BCUT2D eigenvalue weighted by molar-refractivity contribution is 0.0697. The summed E-state index contributed by atoms with van der Waals surface area (Å²) in [6.07, 6.45) is 0. The number of benzene rings is 2. The molecule has 0 saturated carbocycles. The second kappa shape index (κ2) is 3.57. The predicted molar refractivity (Wildman–Crippen MR) is 63.6 cm³/mol. The average molecular weight is 298 g/mol. The average Bonchev–Trinajstić information content (AvgIpc) is 2.16. The van der Waals surface area contributed by atoms with E-state index in [4.69, 9.17) is 5.11 Å². The lowest BCUT2D eigenvalue weighted by Crippen LogP contribution is -1.95. The highest BCUT2D eigenvalue weighted by molar-refractivity contribution is 14.1. The number of carbonyl (C=O) groups is 1.